The first-order chi connectivity index (χ1) is 8.60. The Morgan fingerprint density at radius 2 is 2.22 bits per heavy atom. The maximum Gasteiger partial charge on any atom is 0.161 e. The highest BCUT2D eigenvalue weighted by Gasteiger charge is 2.16. The monoisotopic (exact) mass is 334 g/mol. The van der Waals surface area contributed by atoms with Gasteiger partial charge in [-0.05, 0) is 34.8 Å². The zero-order valence-electron chi connectivity index (χ0n) is 9.84. The molecule has 6 heteroatoms. The molecule has 0 radical (unpaired) electrons. The smallest absolute Gasteiger partial charge is 0.161 e. The number of anilines is 1. The van der Waals surface area contributed by atoms with Crippen LogP contribution in [0.2, 0.25) is 0 Å². The zero-order chi connectivity index (χ0) is 13.1. The molecule has 0 bridgehead atoms. The molecule has 0 amide bonds. The number of hydrogen-bond donors (Lipinski definition) is 1. The molecular weight excluding hydrogens is 322 g/mol. The number of benzene rings is 1. The fourth-order valence-electron chi connectivity index (χ4n) is 1.66. The highest BCUT2D eigenvalue weighted by Crippen LogP contribution is 2.26. The van der Waals surface area contributed by atoms with Gasteiger partial charge in [0.1, 0.15) is 11.6 Å². The average molecular weight is 335 g/mol. The van der Waals surface area contributed by atoms with Crippen LogP contribution in [0.3, 0.4) is 0 Å². The van der Waals surface area contributed by atoms with Gasteiger partial charge in [0.15, 0.2) is 5.17 Å². The molecule has 0 saturated heterocycles. The fraction of sp³-hybridized carbons (Fsp3) is 0.417. The van der Waals surface area contributed by atoms with Crippen molar-refractivity contribution in [2.45, 2.75) is 25.8 Å². The molecule has 0 aliphatic carbocycles. The van der Waals surface area contributed by atoms with Crippen LogP contribution in [0.4, 0.5) is 14.5 Å². The van der Waals surface area contributed by atoms with Crippen molar-refractivity contribution in [3.8, 4) is 0 Å². The highest BCUT2D eigenvalue weighted by atomic mass is 79.9. The summed E-state index contributed by atoms with van der Waals surface area (Å²) in [6, 6.07) is 2.54. The molecule has 18 heavy (non-hydrogen) atoms. The summed E-state index contributed by atoms with van der Waals surface area (Å²) < 4.78 is 26.9. The normalized spacial score (nSPS) is 19.6. The van der Waals surface area contributed by atoms with Gasteiger partial charge in [0.2, 0.25) is 0 Å². The Balaban J connectivity index is 2.19. The Hall–Kier alpha value is -0.620. The number of nitrogens with zero attached hydrogens (tertiary/aromatic N) is 1. The van der Waals surface area contributed by atoms with Crippen molar-refractivity contribution in [2.24, 2.45) is 4.99 Å². The van der Waals surface area contributed by atoms with Crippen LogP contribution in [0.5, 0.6) is 0 Å². The van der Waals surface area contributed by atoms with Gasteiger partial charge in [-0.15, -0.1) is 0 Å². The Labute approximate surface area is 117 Å². The van der Waals surface area contributed by atoms with Gasteiger partial charge >= 0.3 is 0 Å². The van der Waals surface area contributed by atoms with E-state index >= 15 is 0 Å². The molecule has 1 aliphatic rings. The molecule has 1 atom stereocenters. The molecule has 98 valence electrons. The predicted octanol–water partition coefficient (Wildman–Crippen LogP) is 4.41. The molecule has 1 aliphatic heterocycles. The van der Waals surface area contributed by atoms with E-state index in [2.05, 4.69) is 33.2 Å². The Kier molecular flexibility index (Phi) is 4.61. The van der Waals surface area contributed by atoms with Gasteiger partial charge in [-0.25, -0.2) is 8.78 Å². The molecule has 1 N–H and O–H groups in total. The summed E-state index contributed by atoms with van der Waals surface area (Å²) in [6.45, 7) is 2.08. The molecular formula is C12H13BrF2N2S. The molecule has 1 aromatic carbocycles. The van der Waals surface area contributed by atoms with Crippen LogP contribution in [0, 0.1) is 11.6 Å². The molecule has 1 heterocycles. The largest absolute Gasteiger partial charge is 0.333 e. The number of rotatable bonds is 2. The van der Waals surface area contributed by atoms with Gasteiger partial charge in [-0.1, -0.05) is 18.7 Å². The van der Waals surface area contributed by atoms with E-state index in [9.17, 15) is 8.78 Å². The number of aliphatic imine (C=N–C) groups is 1. The summed E-state index contributed by atoms with van der Waals surface area (Å²) in [7, 11) is 0. The van der Waals surface area contributed by atoms with Crippen LogP contribution in [0.25, 0.3) is 0 Å². The van der Waals surface area contributed by atoms with E-state index in [4.69, 9.17) is 0 Å². The van der Waals surface area contributed by atoms with E-state index < -0.39 is 11.6 Å². The van der Waals surface area contributed by atoms with Crippen LogP contribution in [0.15, 0.2) is 21.6 Å². The minimum atomic E-state index is -0.613. The van der Waals surface area contributed by atoms with Gasteiger partial charge in [-0.3, -0.25) is 4.99 Å². The van der Waals surface area contributed by atoms with Gasteiger partial charge in [0.25, 0.3) is 0 Å². The topological polar surface area (TPSA) is 24.4 Å². The van der Waals surface area contributed by atoms with E-state index in [1.807, 2.05) is 0 Å². The van der Waals surface area contributed by atoms with E-state index in [-0.39, 0.29) is 10.2 Å². The van der Waals surface area contributed by atoms with Gasteiger partial charge in [0.05, 0.1) is 16.2 Å². The lowest BCUT2D eigenvalue weighted by atomic mass is 10.2. The van der Waals surface area contributed by atoms with Crippen molar-refractivity contribution in [2.75, 3.05) is 11.1 Å². The quantitative estimate of drug-likeness (QED) is 0.810. The summed E-state index contributed by atoms with van der Waals surface area (Å²) in [5.41, 5.74) is 0.242. The summed E-state index contributed by atoms with van der Waals surface area (Å²) in [5.74, 6) is -0.255. The number of amidine groups is 1. The molecule has 2 rings (SSSR count). The molecule has 1 unspecified atom stereocenters. The lowest BCUT2D eigenvalue weighted by molar-refractivity contribution is 0.581. The first-order valence-electron chi connectivity index (χ1n) is 5.72. The van der Waals surface area contributed by atoms with E-state index in [1.165, 1.54) is 6.07 Å². The van der Waals surface area contributed by atoms with Crippen LogP contribution in [0.1, 0.15) is 19.8 Å². The number of nitrogens with one attached hydrogen (secondary N) is 1. The highest BCUT2D eigenvalue weighted by molar-refractivity contribution is 9.10. The van der Waals surface area contributed by atoms with Crippen molar-refractivity contribution >= 4 is 38.5 Å². The Morgan fingerprint density at radius 3 is 2.94 bits per heavy atom. The second-order valence-electron chi connectivity index (χ2n) is 4.00. The van der Waals surface area contributed by atoms with Crippen molar-refractivity contribution in [3.05, 3.63) is 28.2 Å². The fourth-order valence-corrected chi connectivity index (χ4v) is 2.99. The molecule has 0 fully saturated rings. The van der Waals surface area contributed by atoms with Gasteiger partial charge < -0.3 is 5.32 Å². The van der Waals surface area contributed by atoms with Crippen LogP contribution >= 0.6 is 27.7 Å². The standard InChI is InChI=1S/C12H13BrF2N2S/c1-2-7-3-4-18-12(16-7)17-11-5-8(13)9(14)6-10(11)15/h5-7H,2-4H2,1H3,(H,16,17). The van der Waals surface area contributed by atoms with Gasteiger partial charge in [0, 0.05) is 11.8 Å². The molecule has 0 aromatic heterocycles. The van der Waals surface area contributed by atoms with E-state index in [0.29, 0.717) is 11.2 Å². The van der Waals surface area contributed by atoms with Gasteiger partial charge in [-0.2, -0.15) is 0 Å². The molecule has 0 spiro atoms. The SMILES string of the molecule is CCC1CCSC(Nc2cc(Br)c(F)cc2F)=N1. The summed E-state index contributed by atoms with van der Waals surface area (Å²) in [4.78, 5) is 4.48. The zero-order valence-corrected chi connectivity index (χ0v) is 12.2. The maximum atomic E-state index is 13.6. The summed E-state index contributed by atoms with van der Waals surface area (Å²) in [5, 5.41) is 3.62. The second kappa shape index (κ2) is 6.02. The summed E-state index contributed by atoms with van der Waals surface area (Å²) in [6.07, 6.45) is 2.02. The van der Waals surface area contributed by atoms with Crippen molar-refractivity contribution in [1.29, 1.82) is 0 Å². The first kappa shape index (κ1) is 13.8. The molecule has 2 nitrogen and oxygen atoms in total. The van der Waals surface area contributed by atoms with Crippen molar-refractivity contribution in [3.63, 3.8) is 0 Å². The number of hydrogen-bond acceptors (Lipinski definition) is 3. The minimum Gasteiger partial charge on any atom is -0.333 e. The predicted molar refractivity (Wildman–Crippen MR) is 76.3 cm³/mol. The van der Waals surface area contributed by atoms with Crippen LogP contribution in [-0.2, 0) is 0 Å². The Bertz CT molecular complexity index is 479. The first-order valence-corrected chi connectivity index (χ1v) is 7.50. The Morgan fingerprint density at radius 1 is 1.44 bits per heavy atom. The number of halogens is 3. The van der Waals surface area contributed by atoms with Crippen LogP contribution in [-0.4, -0.2) is 17.0 Å². The lowest BCUT2D eigenvalue weighted by Gasteiger charge is -2.19. The number of thioether (sulfide) groups is 1. The molecule has 0 saturated carbocycles. The third-order valence-corrected chi connectivity index (χ3v) is 4.24. The average Bonchev–Trinajstić information content (AvgIpc) is 2.36. The third kappa shape index (κ3) is 3.23. The van der Waals surface area contributed by atoms with Crippen molar-refractivity contribution in [1.82, 2.24) is 0 Å². The summed E-state index contributed by atoms with van der Waals surface area (Å²) >= 11 is 4.60. The lowest BCUT2D eigenvalue weighted by Crippen LogP contribution is -2.20. The van der Waals surface area contributed by atoms with E-state index in [0.717, 1.165) is 24.7 Å². The molecule has 1 aromatic rings. The minimum absolute atomic E-state index is 0.236. The van der Waals surface area contributed by atoms with Crippen LogP contribution < -0.4 is 5.32 Å². The van der Waals surface area contributed by atoms with Crippen molar-refractivity contribution < 1.29 is 8.78 Å². The third-order valence-electron chi connectivity index (χ3n) is 2.71. The van der Waals surface area contributed by atoms with E-state index in [1.54, 1.807) is 11.8 Å². The maximum absolute atomic E-state index is 13.6. The second-order valence-corrected chi connectivity index (χ2v) is 5.94.